The molecule has 140 valence electrons. The molecule has 0 bridgehead atoms. The highest BCUT2D eigenvalue weighted by Gasteiger charge is 2.06. The van der Waals surface area contributed by atoms with E-state index in [2.05, 4.69) is 15.6 Å². The Labute approximate surface area is 164 Å². The third-order valence-electron chi connectivity index (χ3n) is 3.51. The quantitative estimate of drug-likeness (QED) is 0.317. The van der Waals surface area contributed by atoms with Gasteiger partial charge >= 0.3 is 0 Å². The van der Waals surface area contributed by atoms with Crippen molar-refractivity contribution in [3.05, 3.63) is 59.1 Å². The molecule has 0 aliphatic rings. The summed E-state index contributed by atoms with van der Waals surface area (Å²) < 4.78 is 22.9. The molecule has 0 fully saturated rings. The maximum absolute atomic E-state index is 11.5. The van der Waals surface area contributed by atoms with E-state index in [1.165, 1.54) is 11.2 Å². The van der Waals surface area contributed by atoms with E-state index in [0.29, 0.717) is 17.4 Å². The lowest BCUT2D eigenvalue weighted by Gasteiger charge is -2.12. The van der Waals surface area contributed by atoms with Crippen molar-refractivity contribution in [2.75, 3.05) is 25.6 Å². The molecule has 0 aliphatic heterocycles. The van der Waals surface area contributed by atoms with Crippen LogP contribution in [-0.2, 0) is 16.4 Å². The smallest absolute Gasteiger partial charge is 0.191 e. The molecule has 0 atom stereocenters. The minimum atomic E-state index is -3.16. The summed E-state index contributed by atoms with van der Waals surface area (Å²) in [6, 6.07) is 14.6. The molecule has 0 aliphatic carbocycles. The highest BCUT2D eigenvalue weighted by Crippen LogP contribution is 2.19. The van der Waals surface area contributed by atoms with Crippen LogP contribution in [0.2, 0.25) is 5.02 Å². The van der Waals surface area contributed by atoms with Crippen molar-refractivity contribution in [1.29, 1.82) is 0 Å². The van der Waals surface area contributed by atoms with Gasteiger partial charge in [0.05, 0.1) is 4.90 Å². The van der Waals surface area contributed by atoms with Gasteiger partial charge < -0.3 is 10.6 Å². The first-order valence-electron chi connectivity index (χ1n) is 8.00. The largest absolute Gasteiger partial charge is 0.356 e. The molecule has 26 heavy (non-hydrogen) atoms. The van der Waals surface area contributed by atoms with E-state index >= 15 is 0 Å². The van der Waals surface area contributed by atoms with Gasteiger partial charge in [-0.1, -0.05) is 23.7 Å². The minimum absolute atomic E-state index is 0.322. The van der Waals surface area contributed by atoms with E-state index in [1.807, 2.05) is 24.3 Å². The number of hydrogen-bond acceptors (Lipinski definition) is 4. The number of rotatable bonds is 7. The van der Waals surface area contributed by atoms with Crippen LogP contribution in [0, 0.1) is 0 Å². The van der Waals surface area contributed by atoms with Crippen molar-refractivity contribution < 1.29 is 8.42 Å². The molecule has 0 saturated heterocycles. The first-order chi connectivity index (χ1) is 12.4. The molecule has 0 radical (unpaired) electrons. The third kappa shape index (κ3) is 6.90. The van der Waals surface area contributed by atoms with E-state index in [9.17, 15) is 8.42 Å². The average Bonchev–Trinajstić information content (AvgIpc) is 2.62. The molecule has 2 aromatic rings. The zero-order valence-electron chi connectivity index (χ0n) is 14.7. The monoisotopic (exact) mass is 411 g/mol. The second kappa shape index (κ2) is 9.85. The molecule has 8 heteroatoms. The summed E-state index contributed by atoms with van der Waals surface area (Å²) in [7, 11) is -1.45. The lowest BCUT2D eigenvalue weighted by Crippen LogP contribution is -2.37. The number of guanidine groups is 1. The summed E-state index contributed by atoms with van der Waals surface area (Å²) in [6.45, 7) is 1.33. The Morgan fingerprint density at radius 3 is 2.31 bits per heavy atom. The Morgan fingerprint density at radius 2 is 1.73 bits per heavy atom. The summed E-state index contributed by atoms with van der Waals surface area (Å²) >= 11 is 7.61. The van der Waals surface area contributed by atoms with Crippen molar-refractivity contribution in [2.45, 2.75) is 16.3 Å². The third-order valence-corrected chi connectivity index (χ3v) is 5.91. The highest BCUT2D eigenvalue weighted by molar-refractivity contribution is 7.99. The van der Waals surface area contributed by atoms with Gasteiger partial charge in [-0.2, -0.15) is 0 Å². The molecular weight excluding hydrogens is 390 g/mol. The van der Waals surface area contributed by atoms with E-state index in [0.717, 1.165) is 22.9 Å². The van der Waals surface area contributed by atoms with Gasteiger partial charge in [0.15, 0.2) is 15.8 Å². The maximum atomic E-state index is 11.5. The molecule has 2 rings (SSSR count). The summed E-state index contributed by atoms with van der Waals surface area (Å²) in [5, 5.41) is 7.20. The maximum Gasteiger partial charge on any atom is 0.191 e. The normalized spacial score (nSPS) is 12.0. The molecule has 2 aromatic carbocycles. The van der Waals surface area contributed by atoms with Crippen LogP contribution in [0.25, 0.3) is 0 Å². The molecule has 0 saturated carbocycles. The fraction of sp³-hybridized carbons (Fsp3) is 0.278. The average molecular weight is 412 g/mol. The summed E-state index contributed by atoms with van der Waals surface area (Å²) in [5.41, 5.74) is 0.982. The minimum Gasteiger partial charge on any atom is -0.356 e. The Hall–Kier alpha value is -1.70. The van der Waals surface area contributed by atoms with Gasteiger partial charge in [0, 0.05) is 42.1 Å². The summed E-state index contributed by atoms with van der Waals surface area (Å²) in [4.78, 5) is 5.68. The first-order valence-corrected chi connectivity index (χ1v) is 11.3. The summed E-state index contributed by atoms with van der Waals surface area (Å²) in [5.74, 6) is 1.60. The fourth-order valence-electron chi connectivity index (χ4n) is 2.13. The second-order valence-corrected chi connectivity index (χ2v) is 9.19. The van der Waals surface area contributed by atoms with Crippen LogP contribution in [-0.4, -0.2) is 40.0 Å². The van der Waals surface area contributed by atoms with Crippen LogP contribution in [0.4, 0.5) is 0 Å². The number of nitrogens with zero attached hydrogens (tertiary/aromatic N) is 1. The van der Waals surface area contributed by atoms with Crippen molar-refractivity contribution in [2.24, 2.45) is 4.99 Å². The zero-order chi connectivity index (χ0) is 19.0. The van der Waals surface area contributed by atoms with Crippen LogP contribution in [0.5, 0.6) is 0 Å². The van der Waals surface area contributed by atoms with Crippen molar-refractivity contribution in [3.8, 4) is 0 Å². The van der Waals surface area contributed by atoms with Crippen LogP contribution < -0.4 is 10.6 Å². The predicted octanol–water partition coefficient (Wildman–Crippen LogP) is 3.20. The van der Waals surface area contributed by atoms with Crippen LogP contribution >= 0.6 is 23.4 Å². The number of benzene rings is 2. The van der Waals surface area contributed by atoms with Gasteiger partial charge in [-0.05, 0) is 42.0 Å². The topological polar surface area (TPSA) is 70.6 Å². The molecule has 2 N–H and O–H groups in total. The lowest BCUT2D eigenvalue weighted by molar-refractivity contribution is 0.602. The second-order valence-electron chi connectivity index (χ2n) is 5.57. The molecule has 0 unspecified atom stereocenters. The molecular formula is C18H22ClN3O2S2. The fourth-order valence-corrected chi connectivity index (χ4v) is 3.65. The zero-order valence-corrected chi connectivity index (χ0v) is 17.1. The standard InChI is InChI=1S/C18H22ClN3O2S2/c1-20-18(21-11-12-25-16-7-5-15(19)6-8-16)22-13-14-3-9-17(10-4-14)26(2,23)24/h3-10H,11-13H2,1-2H3,(H2,20,21,22). The highest BCUT2D eigenvalue weighted by atomic mass is 35.5. The van der Waals surface area contributed by atoms with Crippen molar-refractivity contribution in [1.82, 2.24) is 10.6 Å². The molecule has 0 aromatic heterocycles. The molecule has 0 spiro atoms. The molecule has 5 nitrogen and oxygen atoms in total. The Bertz CT molecular complexity index is 836. The van der Waals surface area contributed by atoms with Gasteiger partial charge in [-0.15, -0.1) is 11.8 Å². The number of hydrogen-bond donors (Lipinski definition) is 2. The Morgan fingerprint density at radius 1 is 1.08 bits per heavy atom. The Kier molecular flexibility index (Phi) is 7.81. The van der Waals surface area contributed by atoms with Gasteiger partial charge in [0.1, 0.15) is 0 Å². The predicted molar refractivity (Wildman–Crippen MR) is 110 cm³/mol. The van der Waals surface area contributed by atoms with Crippen LogP contribution in [0.1, 0.15) is 5.56 Å². The van der Waals surface area contributed by atoms with Gasteiger partial charge in [-0.3, -0.25) is 4.99 Å². The van der Waals surface area contributed by atoms with Crippen LogP contribution in [0.3, 0.4) is 0 Å². The van der Waals surface area contributed by atoms with Gasteiger partial charge in [0.2, 0.25) is 0 Å². The number of halogens is 1. The number of nitrogens with one attached hydrogen (secondary N) is 2. The van der Waals surface area contributed by atoms with E-state index < -0.39 is 9.84 Å². The molecule has 0 heterocycles. The van der Waals surface area contributed by atoms with E-state index in [-0.39, 0.29) is 0 Å². The SMILES string of the molecule is CN=C(NCCSc1ccc(Cl)cc1)NCc1ccc(S(C)(=O)=O)cc1. The lowest BCUT2D eigenvalue weighted by atomic mass is 10.2. The first kappa shape index (κ1) is 20.6. The van der Waals surface area contributed by atoms with Gasteiger partial charge in [0.25, 0.3) is 0 Å². The number of thioether (sulfide) groups is 1. The van der Waals surface area contributed by atoms with E-state index in [1.54, 1.807) is 43.1 Å². The van der Waals surface area contributed by atoms with Gasteiger partial charge in [-0.25, -0.2) is 8.42 Å². The van der Waals surface area contributed by atoms with Crippen LogP contribution in [0.15, 0.2) is 63.3 Å². The number of sulfone groups is 1. The van der Waals surface area contributed by atoms with E-state index in [4.69, 9.17) is 11.6 Å². The van der Waals surface area contributed by atoms with Crippen molar-refractivity contribution in [3.63, 3.8) is 0 Å². The Balaban J connectivity index is 1.74. The molecule has 0 amide bonds. The van der Waals surface area contributed by atoms with Crippen molar-refractivity contribution >= 4 is 39.2 Å². The number of aliphatic imine (C=N–C) groups is 1. The summed E-state index contributed by atoms with van der Waals surface area (Å²) in [6.07, 6.45) is 1.20.